The lowest BCUT2D eigenvalue weighted by atomic mass is 9.96. The second-order valence-electron chi connectivity index (χ2n) is 4.92. The van der Waals surface area contributed by atoms with Gasteiger partial charge in [0, 0.05) is 6.04 Å². The standard InChI is InChI=1S/C16H27NO3/c1-6-18-13-9-12(15(17)11(4)5)10-14(19-7-2)16(13)20-8-3/h9-11,15H,6-8,17H2,1-5H3. The maximum atomic E-state index is 6.24. The number of rotatable bonds is 8. The minimum atomic E-state index is -0.0518. The Morgan fingerprint density at radius 3 is 1.70 bits per heavy atom. The third-order valence-corrected chi connectivity index (χ3v) is 3.03. The molecule has 0 aliphatic rings. The molecule has 114 valence electrons. The molecule has 0 bridgehead atoms. The summed E-state index contributed by atoms with van der Waals surface area (Å²) in [6.07, 6.45) is 0. The summed E-state index contributed by atoms with van der Waals surface area (Å²) in [7, 11) is 0. The van der Waals surface area contributed by atoms with Crippen molar-refractivity contribution in [1.82, 2.24) is 0 Å². The van der Waals surface area contributed by atoms with Crippen LogP contribution in [0.15, 0.2) is 12.1 Å². The molecule has 20 heavy (non-hydrogen) atoms. The molecule has 0 spiro atoms. The predicted molar refractivity (Wildman–Crippen MR) is 81.7 cm³/mol. The number of ether oxygens (including phenoxy) is 3. The lowest BCUT2D eigenvalue weighted by molar-refractivity contribution is 0.260. The summed E-state index contributed by atoms with van der Waals surface area (Å²) in [6, 6.07) is 3.87. The van der Waals surface area contributed by atoms with Gasteiger partial charge in [-0.3, -0.25) is 0 Å². The minimum absolute atomic E-state index is 0.0518. The van der Waals surface area contributed by atoms with Crippen molar-refractivity contribution in [2.75, 3.05) is 19.8 Å². The van der Waals surface area contributed by atoms with Crippen LogP contribution in [-0.2, 0) is 0 Å². The van der Waals surface area contributed by atoms with Gasteiger partial charge in [-0.1, -0.05) is 13.8 Å². The van der Waals surface area contributed by atoms with Crippen LogP contribution in [0.1, 0.15) is 46.2 Å². The first kappa shape index (κ1) is 16.6. The van der Waals surface area contributed by atoms with Gasteiger partial charge in [0.15, 0.2) is 11.5 Å². The molecule has 1 rings (SSSR count). The molecule has 0 radical (unpaired) electrons. The van der Waals surface area contributed by atoms with E-state index in [1.165, 1.54) is 0 Å². The van der Waals surface area contributed by atoms with Crippen LogP contribution in [0.3, 0.4) is 0 Å². The van der Waals surface area contributed by atoms with Crippen molar-refractivity contribution in [3.05, 3.63) is 17.7 Å². The van der Waals surface area contributed by atoms with Gasteiger partial charge in [0.1, 0.15) is 0 Å². The molecule has 1 unspecified atom stereocenters. The van der Waals surface area contributed by atoms with E-state index in [1.54, 1.807) is 0 Å². The Kier molecular flexibility index (Phi) is 6.65. The molecule has 1 atom stereocenters. The molecular weight excluding hydrogens is 254 g/mol. The van der Waals surface area contributed by atoms with E-state index in [-0.39, 0.29) is 6.04 Å². The Morgan fingerprint density at radius 2 is 1.35 bits per heavy atom. The fraction of sp³-hybridized carbons (Fsp3) is 0.625. The lowest BCUT2D eigenvalue weighted by Crippen LogP contribution is -2.17. The first-order valence-corrected chi connectivity index (χ1v) is 7.36. The van der Waals surface area contributed by atoms with Crippen molar-refractivity contribution >= 4 is 0 Å². The smallest absolute Gasteiger partial charge is 0.203 e. The van der Waals surface area contributed by atoms with Crippen LogP contribution < -0.4 is 19.9 Å². The van der Waals surface area contributed by atoms with E-state index in [0.717, 1.165) is 5.56 Å². The van der Waals surface area contributed by atoms with Crippen molar-refractivity contribution in [2.24, 2.45) is 11.7 Å². The zero-order valence-corrected chi connectivity index (χ0v) is 13.2. The number of benzene rings is 1. The average molecular weight is 281 g/mol. The first-order chi connectivity index (χ1) is 9.54. The molecule has 4 nitrogen and oxygen atoms in total. The SMILES string of the molecule is CCOc1cc(C(N)C(C)C)cc(OCC)c1OCC. The lowest BCUT2D eigenvalue weighted by Gasteiger charge is -2.21. The third kappa shape index (κ3) is 4.04. The molecule has 4 heteroatoms. The molecular formula is C16H27NO3. The Bertz CT molecular complexity index is 391. The van der Waals surface area contributed by atoms with Gasteiger partial charge in [0.05, 0.1) is 19.8 Å². The summed E-state index contributed by atoms with van der Waals surface area (Å²) >= 11 is 0. The van der Waals surface area contributed by atoms with Crippen LogP contribution in [0.5, 0.6) is 17.2 Å². The highest BCUT2D eigenvalue weighted by molar-refractivity contribution is 5.54. The summed E-state index contributed by atoms with van der Waals surface area (Å²) in [5, 5.41) is 0. The van der Waals surface area contributed by atoms with Crippen LogP contribution in [-0.4, -0.2) is 19.8 Å². The molecule has 2 N–H and O–H groups in total. The van der Waals surface area contributed by atoms with Crippen molar-refractivity contribution in [2.45, 2.75) is 40.7 Å². The van der Waals surface area contributed by atoms with Crippen molar-refractivity contribution in [1.29, 1.82) is 0 Å². The van der Waals surface area contributed by atoms with Gasteiger partial charge >= 0.3 is 0 Å². The Morgan fingerprint density at radius 1 is 0.900 bits per heavy atom. The highest BCUT2D eigenvalue weighted by Gasteiger charge is 2.19. The summed E-state index contributed by atoms with van der Waals surface area (Å²) in [5.74, 6) is 2.41. The zero-order chi connectivity index (χ0) is 15.1. The predicted octanol–water partition coefficient (Wildman–Crippen LogP) is 3.54. The van der Waals surface area contributed by atoms with E-state index in [0.29, 0.717) is 43.0 Å². The summed E-state index contributed by atoms with van der Waals surface area (Å²) in [5.41, 5.74) is 7.25. The van der Waals surface area contributed by atoms with Crippen LogP contribution >= 0.6 is 0 Å². The van der Waals surface area contributed by atoms with E-state index in [4.69, 9.17) is 19.9 Å². The van der Waals surface area contributed by atoms with Gasteiger partial charge in [0.2, 0.25) is 5.75 Å². The van der Waals surface area contributed by atoms with Crippen molar-refractivity contribution in [3.63, 3.8) is 0 Å². The second kappa shape index (κ2) is 8.00. The van der Waals surface area contributed by atoms with Crippen LogP contribution in [0.4, 0.5) is 0 Å². The molecule has 1 aromatic carbocycles. The van der Waals surface area contributed by atoms with Crippen LogP contribution in [0.25, 0.3) is 0 Å². The monoisotopic (exact) mass is 281 g/mol. The molecule has 1 aromatic rings. The number of hydrogen-bond acceptors (Lipinski definition) is 4. The largest absolute Gasteiger partial charge is 0.490 e. The highest BCUT2D eigenvalue weighted by atomic mass is 16.5. The molecule has 0 saturated carbocycles. The summed E-state index contributed by atoms with van der Waals surface area (Å²) < 4.78 is 17.1. The Balaban J connectivity index is 3.28. The fourth-order valence-corrected chi connectivity index (χ4v) is 1.99. The number of hydrogen-bond donors (Lipinski definition) is 1. The van der Waals surface area contributed by atoms with E-state index in [2.05, 4.69) is 13.8 Å². The summed E-state index contributed by atoms with van der Waals surface area (Å²) in [4.78, 5) is 0. The van der Waals surface area contributed by atoms with Crippen LogP contribution in [0, 0.1) is 5.92 Å². The van der Waals surface area contributed by atoms with Gasteiger partial charge in [-0.25, -0.2) is 0 Å². The number of nitrogens with two attached hydrogens (primary N) is 1. The average Bonchev–Trinajstić information content (AvgIpc) is 2.41. The van der Waals surface area contributed by atoms with Gasteiger partial charge in [-0.05, 0) is 44.4 Å². The Labute approximate surface area is 122 Å². The van der Waals surface area contributed by atoms with Gasteiger partial charge in [0.25, 0.3) is 0 Å². The molecule has 0 saturated heterocycles. The highest BCUT2D eigenvalue weighted by Crippen LogP contribution is 2.41. The Hall–Kier alpha value is -1.42. The zero-order valence-electron chi connectivity index (χ0n) is 13.2. The molecule has 0 aliphatic carbocycles. The molecule has 0 aromatic heterocycles. The van der Waals surface area contributed by atoms with Gasteiger partial charge < -0.3 is 19.9 Å². The van der Waals surface area contributed by atoms with Crippen molar-refractivity contribution < 1.29 is 14.2 Å². The third-order valence-electron chi connectivity index (χ3n) is 3.03. The van der Waals surface area contributed by atoms with E-state index < -0.39 is 0 Å². The normalized spacial score (nSPS) is 12.3. The van der Waals surface area contributed by atoms with Crippen molar-refractivity contribution in [3.8, 4) is 17.2 Å². The van der Waals surface area contributed by atoms with Crippen LogP contribution in [0.2, 0.25) is 0 Å². The van der Waals surface area contributed by atoms with Gasteiger partial charge in [-0.15, -0.1) is 0 Å². The van der Waals surface area contributed by atoms with E-state index >= 15 is 0 Å². The first-order valence-electron chi connectivity index (χ1n) is 7.36. The second-order valence-corrected chi connectivity index (χ2v) is 4.92. The van der Waals surface area contributed by atoms with E-state index in [9.17, 15) is 0 Å². The van der Waals surface area contributed by atoms with Gasteiger partial charge in [-0.2, -0.15) is 0 Å². The molecule has 0 fully saturated rings. The summed E-state index contributed by atoms with van der Waals surface area (Å²) in [6.45, 7) is 11.8. The maximum absolute atomic E-state index is 6.24. The topological polar surface area (TPSA) is 53.7 Å². The van der Waals surface area contributed by atoms with E-state index in [1.807, 2.05) is 32.9 Å². The molecule has 0 amide bonds. The molecule has 0 heterocycles. The molecule has 0 aliphatic heterocycles. The minimum Gasteiger partial charge on any atom is -0.490 e. The maximum Gasteiger partial charge on any atom is 0.203 e. The fourth-order valence-electron chi connectivity index (χ4n) is 1.99. The quantitative estimate of drug-likeness (QED) is 0.792.